The van der Waals surface area contributed by atoms with Crippen LogP contribution >= 0.6 is 23.1 Å². The second-order valence-corrected chi connectivity index (χ2v) is 6.37. The van der Waals surface area contributed by atoms with Crippen molar-refractivity contribution in [3.05, 3.63) is 21.9 Å². The zero-order valence-electron chi connectivity index (χ0n) is 10.1. The van der Waals surface area contributed by atoms with E-state index in [9.17, 15) is 9.59 Å². The van der Waals surface area contributed by atoms with Crippen LogP contribution < -0.4 is 0 Å². The first-order chi connectivity index (χ1) is 8.63. The van der Waals surface area contributed by atoms with E-state index >= 15 is 0 Å². The third-order valence-corrected chi connectivity index (χ3v) is 5.14. The number of amides is 1. The number of aliphatic carboxylic acids is 1. The molecule has 2 heterocycles. The smallest absolute Gasteiger partial charge is 0.327 e. The van der Waals surface area contributed by atoms with E-state index in [1.807, 2.05) is 13.0 Å². The van der Waals surface area contributed by atoms with E-state index in [1.54, 1.807) is 17.8 Å². The number of thioether (sulfide) groups is 1. The maximum absolute atomic E-state index is 12.3. The van der Waals surface area contributed by atoms with Crippen molar-refractivity contribution in [3.63, 3.8) is 0 Å². The number of rotatable bonds is 3. The molecule has 0 aromatic carbocycles. The second-order valence-electron chi connectivity index (χ2n) is 4.05. The molecule has 1 saturated heterocycles. The molecule has 2 rings (SSSR count). The number of carboxylic acid groups (broad SMARTS) is 1. The number of hydrogen-bond donors (Lipinski definition) is 1. The summed E-state index contributed by atoms with van der Waals surface area (Å²) in [5, 5.41) is 9.15. The number of nitrogens with zero attached hydrogens (tertiary/aromatic N) is 1. The average molecular weight is 285 g/mol. The molecule has 0 radical (unpaired) electrons. The van der Waals surface area contributed by atoms with Crippen LogP contribution in [0.15, 0.2) is 12.1 Å². The number of hydrogen-bond acceptors (Lipinski definition) is 4. The van der Waals surface area contributed by atoms with Gasteiger partial charge in [0.25, 0.3) is 5.91 Å². The summed E-state index contributed by atoms with van der Waals surface area (Å²) in [5.41, 5.74) is 0. The molecule has 0 aliphatic carbocycles. The lowest BCUT2D eigenvalue weighted by Gasteiger charge is -2.32. The monoisotopic (exact) mass is 285 g/mol. The summed E-state index contributed by atoms with van der Waals surface area (Å²) in [6.07, 6.45) is 0.899. The summed E-state index contributed by atoms with van der Waals surface area (Å²) in [5.74, 6) is 0.226. The van der Waals surface area contributed by atoms with Crippen molar-refractivity contribution in [1.29, 1.82) is 0 Å². The molecule has 1 aromatic heterocycles. The largest absolute Gasteiger partial charge is 0.480 e. The molecule has 0 saturated carbocycles. The van der Waals surface area contributed by atoms with Crippen LogP contribution in [0, 0.1) is 0 Å². The molecule has 18 heavy (non-hydrogen) atoms. The van der Waals surface area contributed by atoms with Gasteiger partial charge in [0.05, 0.1) is 4.88 Å². The van der Waals surface area contributed by atoms with Crippen molar-refractivity contribution in [2.45, 2.75) is 19.4 Å². The first kappa shape index (κ1) is 13.4. The van der Waals surface area contributed by atoms with Crippen molar-refractivity contribution in [2.24, 2.45) is 0 Å². The first-order valence-corrected chi connectivity index (χ1v) is 7.80. The Balaban J connectivity index is 2.17. The maximum Gasteiger partial charge on any atom is 0.327 e. The third kappa shape index (κ3) is 2.70. The molecule has 0 spiro atoms. The van der Waals surface area contributed by atoms with Crippen LogP contribution in [0.1, 0.15) is 21.5 Å². The lowest BCUT2D eigenvalue weighted by Crippen LogP contribution is -2.50. The van der Waals surface area contributed by atoms with E-state index in [2.05, 4.69) is 0 Å². The van der Waals surface area contributed by atoms with Gasteiger partial charge in [0.1, 0.15) is 6.04 Å². The molecule has 1 aliphatic rings. The van der Waals surface area contributed by atoms with E-state index < -0.39 is 12.0 Å². The standard InChI is InChI=1S/C12H15NO3S2/c1-2-8-3-4-10(18-8)11(14)13-5-6-17-7-9(13)12(15)16/h3-4,9H,2,5-7H2,1H3,(H,15,16). The fourth-order valence-electron chi connectivity index (χ4n) is 1.88. The van der Waals surface area contributed by atoms with Crippen LogP contribution in [0.2, 0.25) is 0 Å². The van der Waals surface area contributed by atoms with E-state index in [-0.39, 0.29) is 5.91 Å². The van der Waals surface area contributed by atoms with Gasteiger partial charge >= 0.3 is 5.97 Å². The Labute approximate surface area is 114 Å². The molecule has 1 amide bonds. The normalized spacial score (nSPS) is 19.8. The molecule has 1 aromatic rings. The number of carbonyl (C=O) groups is 2. The molecule has 1 N–H and O–H groups in total. The minimum absolute atomic E-state index is 0.146. The Bertz CT molecular complexity index is 458. The van der Waals surface area contributed by atoms with Crippen molar-refractivity contribution >= 4 is 35.0 Å². The molecule has 6 heteroatoms. The molecule has 1 atom stereocenters. The van der Waals surface area contributed by atoms with Crippen molar-refractivity contribution < 1.29 is 14.7 Å². The summed E-state index contributed by atoms with van der Waals surface area (Å²) < 4.78 is 0. The molecular formula is C12H15NO3S2. The van der Waals surface area contributed by atoms with Gasteiger partial charge in [0.2, 0.25) is 0 Å². The summed E-state index contributed by atoms with van der Waals surface area (Å²) in [4.78, 5) is 26.7. The summed E-state index contributed by atoms with van der Waals surface area (Å²) in [6.45, 7) is 2.55. The van der Waals surface area contributed by atoms with Gasteiger partial charge in [0, 0.05) is 22.9 Å². The molecule has 0 bridgehead atoms. The maximum atomic E-state index is 12.3. The zero-order valence-corrected chi connectivity index (χ0v) is 11.7. The lowest BCUT2D eigenvalue weighted by atomic mass is 10.2. The second kappa shape index (κ2) is 5.75. The quantitative estimate of drug-likeness (QED) is 0.922. The predicted molar refractivity (Wildman–Crippen MR) is 73.5 cm³/mol. The van der Waals surface area contributed by atoms with Gasteiger partial charge in [-0.2, -0.15) is 11.8 Å². The third-order valence-electron chi connectivity index (χ3n) is 2.90. The van der Waals surface area contributed by atoms with Crippen molar-refractivity contribution in [2.75, 3.05) is 18.1 Å². The van der Waals surface area contributed by atoms with Crippen LogP contribution in [-0.2, 0) is 11.2 Å². The fraction of sp³-hybridized carbons (Fsp3) is 0.500. The van der Waals surface area contributed by atoms with Crippen LogP contribution in [0.3, 0.4) is 0 Å². The predicted octanol–water partition coefficient (Wildman–Crippen LogP) is 1.95. The summed E-state index contributed by atoms with van der Waals surface area (Å²) in [7, 11) is 0. The van der Waals surface area contributed by atoms with Gasteiger partial charge in [-0.05, 0) is 18.6 Å². The van der Waals surface area contributed by atoms with Gasteiger partial charge in [-0.1, -0.05) is 6.92 Å². The highest BCUT2D eigenvalue weighted by molar-refractivity contribution is 7.99. The van der Waals surface area contributed by atoms with Crippen molar-refractivity contribution in [1.82, 2.24) is 4.90 Å². The van der Waals surface area contributed by atoms with Gasteiger partial charge in [-0.3, -0.25) is 4.79 Å². The number of carboxylic acids is 1. The summed E-state index contributed by atoms with van der Waals surface area (Å²) in [6, 6.07) is 3.04. The SMILES string of the molecule is CCc1ccc(C(=O)N2CCSCC2C(=O)O)s1. The molecule has 4 nitrogen and oxygen atoms in total. The van der Waals surface area contributed by atoms with Crippen molar-refractivity contribution in [3.8, 4) is 0 Å². The average Bonchev–Trinajstić information content (AvgIpc) is 2.86. The fourth-order valence-corrected chi connectivity index (χ4v) is 3.82. The van der Waals surface area contributed by atoms with E-state index in [4.69, 9.17) is 5.11 Å². The van der Waals surface area contributed by atoms with Crippen LogP contribution in [0.25, 0.3) is 0 Å². The minimum atomic E-state index is -0.914. The molecule has 1 unspecified atom stereocenters. The Morgan fingerprint density at radius 3 is 2.89 bits per heavy atom. The van der Waals surface area contributed by atoms with Gasteiger partial charge in [-0.15, -0.1) is 11.3 Å². The molecule has 98 valence electrons. The topological polar surface area (TPSA) is 57.6 Å². The highest BCUT2D eigenvalue weighted by Crippen LogP contribution is 2.23. The van der Waals surface area contributed by atoms with Gasteiger partial charge < -0.3 is 10.0 Å². The highest BCUT2D eigenvalue weighted by atomic mass is 32.2. The van der Waals surface area contributed by atoms with E-state index in [0.29, 0.717) is 17.2 Å². The van der Waals surface area contributed by atoms with Crippen LogP contribution in [-0.4, -0.2) is 46.0 Å². The van der Waals surface area contributed by atoms with E-state index in [1.165, 1.54) is 16.2 Å². The molecular weight excluding hydrogens is 270 g/mol. The number of aryl methyl sites for hydroxylation is 1. The minimum Gasteiger partial charge on any atom is -0.480 e. The first-order valence-electron chi connectivity index (χ1n) is 5.83. The Kier molecular flexibility index (Phi) is 4.29. The van der Waals surface area contributed by atoms with Gasteiger partial charge in [0.15, 0.2) is 0 Å². The Morgan fingerprint density at radius 2 is 2.28 bits per heavy atom. The summed E-state index contributed by atoms with van der Waals surface area (Å²) >= 11 is 3.04. The van der Waals surface area contributed by atoms with Crippen LogP contribution in [0.4, 0.5) is 0 Å². The number of thiophene rings is 1. The Hall–Kier alpha value is -1.01. The van der Waals surface area contributed by atoms with Gasteiger partial charge in [-0.25, -0.2) is 4.79 Å². The Morgan fingerprint density at radius 1 is 1.50 bits per heavy atom. The lowest BCUT2D eigenvalue weighted by molar-refractivity contribution is -0.141. The highest BCUT2D eigenvalue weighted by Gasteiger charge is 2.33. The molecule has 1 fully saturated rings. The molecule has 1 aliphatic heterocycles. The van der Waals surface area contributed by atoms with Crippen LogP contribution in [0.5, 0.6) is 0 Å². The van der Waals surface area contributed by atoms with E-state index in [0.717, 1.165) is 17.1 Å². The zero-order chi connectivity index (χ0) is 13.1. The number of carbonyl (C=O) groups excluding carboxylic acids is 1.